The number of allylic oxidation sites excluding steroid dienone is 4. The molecule has 0 bridgehead atoms. The van der Waals surface area contributed by atoms with Crippen LogP contribution in [0.5, 0.6) is 5.75 Å². The number of hydrogen-bond acceptors (Lipinski definition) is 1. The summed E-state index contributed by atoms with van der Waals surface area (Å²) in [6.45, 7) is 22.9. The summed E-state index contributed by atoms with van der Waals surface area (Å²) >= 11 is -2.01. The molecule has 1 aliphatic rings. The molecule has 0 fully saturated rings. The smallest absolute Gasteiger partial charge is 0.147 e. The summed E-state index contributed by atoms with van der Waals surface area (Å²) in [6, 6.07) is 6.81. The van der Waals surface area contributed by atoms with E-state index in [0.29, 0.717) is 5.92 Å². The van der Waals surface area contributed by atoms with Crippen molar-refractivity contribution in [3.8, 4) is 5.75 Å². The second kappa shape index (κ2) is 11.3. The van der Waals surface area contributed by atoms with Gasteiger partial charge in [-0.1, -0.05) is 0 Å². The van der Waals surface area contributed by atoms with Gasteiger partial charge in [0.1, 0.15) is 0 Å². The van der Waals surface area contributed by atoms with Crippen molar-refractivity contribution in [2.45, 2.75) is 87.5 Å². The molecule has 1 nitrogen and oxygen atoms in total. The Morgan fingerprint density at radius 1 is 0.931 bits per heavy atom. The summed E-state index contributed by atoms with van der Waals surface area (Å²) in [6.07, 6.45) is 2.26. The van der Waals surface area contributed by atoms with Crippen LogP contribution in [0.4, 0.5) is 0 Å². The van der Waals surface area contributed by atoms with Crippen LogP contribution in [-0.2, 0) is 23.2 Å². The maximum Gasteiger partial charge on any atom is -0.147 e. The average molecular weight is 475 g/mol. The zero-order valence-corrected chi connectivity index (χ0v) is 23.1. The minimum atomic E-state index is -2.01. The van der Waals surface area contributed by atoms with Gasteiger partial charge in [-0.3, -0.25) is 0 Å². The van der Waals surface area contributed by atoms with E-state index in [2.05, 4.69) is 87.4 Å². The van der Waals surface area contributed by atoms with Crippen LogP contribution in [-0.4, -0.2) is 3.81 Å². The number of aryl methyl sites for hydroxylation is 1. The maximum absolute atomic E-state index is 6.94. The Hall–Kier alpha value is -0.336. The van der Waals surface area contributed by atoms with Gasteiger partial charge >= 0.3 is 174 Å². The fourth-order valence-corrected chi connectivity index (χ4v) is 8.30. The molecule has 1 aromatic carbocycles. The SMILES string of the molecule is CC[C](CC)=[Ti]([O]c1cc(C)cc(C(C)(C)C)c1)[C]1=C(C)C(C)=C(C)C1C.Cl.Cl. The van der Waals surface area contributed by atoms with Crippen molar-refractivity contribution in [3.63, 3.8) is 0 Å². The molecule has 1 atom stereocenters. The van der Waals surface area contributed by atoms with Crippen LogP contribution in [0, 0.1) is 12.8 Å². The van der Waals surface area contributed by atoms with E-state index in [1.807, 2.05) is 0 Å². The molecule has 1 aromatic rings. The summed E-state index contributed by atoms with van der Waals surface area (Å²) in [5.74, 6) is 1.60. The van der Waals surface area contributed by atoms with E-state index in [9.17, 15) is 0 Å². The topological polar surface area (TPSA) is 9.23 Å². The second-order valence-electron chi connectivity index (χ2n) is 9.09. The molecule has 1 unspecified atom stereocenters. The number of rotatable bonds is 5. The molecule has 2 rings (SSSR count). The summed E-state index contributed by atoms with van der Waals surface area (Å²) in [4.78, 5) is 0. The monoisotopic (exact) mass is 474 g/mol. The van der Waals surface area contributed by atoms with Crippen LogP contribution in [0.25, 0.3) is 0 Å². The Labute approximate surface area is 198 Å². The van der Waals surface area contributed by atoms with Crippen molar-refractivity contribution in [3.05, 3.63) is 49.9 Å². The molecule has 0 N–H and O–H groups in total. The van der Waals surface area contributed by atoms with Gasteiger partial charge in [-0.05, 0) is 0 Å². The first-order chi connectivity index (χ1) is 12.5. The first kappa shape index (κ1) is 28.7. The molecule has 0 radical (unpaired) electrons. The molecule has 1 aliphatic carbocycles. The Morgan fingerprint density at radius 3 is 1.90 bits per heavy atom. The van der Waals surface area contributed by atoms with Crippen molar-refractivity contribution in [1.29, 1.82) is 0 Å². The third-order valence-electron chi connectivity index (χ3n) is 6.20. The Bertz CT molecular complexity index is 820. The number of halogens is 2. The van der Waals surface area contributed by atoms with Gasteiger partial charge < -0.3 is 0 Å². The summed E-state index contributed by atoms with van der Waals surface area (Å²) in [5, 5.41) is 0. The number of benzene rings is 1. The van der Waals surface area contributed by atoms with Crippen LogP contribution in [0.1, 0.15) is 86.3 Å². The molecule has 0 saturated carbocycles. The fourth-order valence-electron chi connectivity index (χ4n) is 3.98. The van der Waals surface area contributed by atoms with Crippen LogP contribution in [0.15, 0.2) is 38.8 Å². The van der Waals surface area contributed by atoms with E-state index in [1.54, 1.807) is 7.69 Å². The third kappa shape index (κ3) is 6.33. The van der Waals surface area contributed by atoms with Gasteiger partial charge in [0.2, 0.25) is 0 Å². The molecule has 29 heavy (non-hydrogen) atoms. The van der Waals surface area contributed by atoms with E-state index in [-0.39, 0.29) is 30.2 Å². The van der Waals surface area contributed by atoms with Gasteiger partial charge in [-0.25, -0.2) is 0 Å². The summed E-state index contributed by atoms with van der Waals surface area (Å²) in [7, 11) is 0. The Balaban J connectivity index is 0.00000392. The first-order valence-electron chi connectivity index (χ1n) is 10.4. The van der Waals surface area contributed by atoms with Gasteiger partial charge in [-0.15, -0.1) is 24.8 Å². The van der Waals surface area contributed by atoms with Crippen molar-refractivity contribution in [1.82, 2.24) is 0 Å². The van der Waals surface area contributed by atoms with Crippen molar-refractivity contribution in [2.75, 3.05) is 0 Å². The standard InChI is InChI=1S/C11H16O.C9H13.C5H10.2ClH.Ti/c1-8-5-9(11(2,3)4)7-10(12)6-8;1-6-5-7(2)9(4)8(6)3;1-3-5-4-2;;;/h5-7,12H,1-4H3;6H,1-4H3;3-4H2,1-2H3;2*1H;/q;;;;;+1/p-1. The summed E-state index contributed by atoms with van der Waals surface area (Å²) in [5.41, 5.74) is 7.30. The van der Waals surface area contributed by atoms with Crippen molar-refractivity contribution >= 4 is 28.6 Å². The largest absolute Gasteiger partial charge is 0.147 e. The molecular weight excluding hydrogens is 435 g/mol. The average Bonchev–Trinajstić information content (AvgIpc) is 2.77. The van der Waals surface area contributed by atoms with Gasteiger partial charge in [0.05, 0.1) is 0 Å². The predicted molar refractivity (Wildman–Crippen MR) is 131 cm³/mol. The minimum absolute atomic E-state index is 0. The molecule has 0 heterocycles. The van der Waals surface area contributed by atoms with Crippen molar-refractivity contribution < 1.29 is 21.1 Å². The number of hydrogen-bond donors (Lipinski definition) is 0. The van der Waals surface area contributed by atoms with Gasteiger partial charge in [0.15, 0.2) is 0 Å². The molecular formula is C25H40Cl2OTi. The van der Waals surface area contributed by atoms with E-state index < -0.39 is 17.8 Å². The van der Waals surface area contributed by atoms with Crippen LogP contribution in [0.2, 0.25) is 0 Å². The van der Waals surface area contributed by atoms with Gasteiger partial charge in [-0.2, -0.15) is 0 Å². The first-order valence-corrected chi connectivity index (χ1v) is 12.6. The molecule has 0 spiro atoms. The van der Waals surface area contributed by atoms with E-state index in [0.717, 1.165) is 18.6 Å². The predicted octanol–water partition coefficient (Wildman–Crippen LogP) is 8.30. The molecule has 0 aromatic heterocycles. The van der Waals surface area contributed by atoms with E-state index in [4.69, 9.17) is 3.32 Å². The summed E-state index contributed by atoms with van der Waals surface area (Å²) < 4.78 is 10.2. The fraction of sp³-hybridized carbons (Fsp3) is 0.560. The van der Waals surface area contributed by atoms with Crippen LogP contribution >= 0.6 is 24.8 Å². The maximum atomic E-state index is 6.94. The quantitative estimate of drug-likeness (QED) is 0.389. The Kier molecular flexibility index (Phi) is 11.2. The van der Waals surface area contributed by atoms with E-state index >= 15 is 0 Å². The van der Waals surface area contributed by atoms with Crippen molar-refractivity contribution in [2.24, 2.45) is 5.92 Å². The zero-order chi connectivity index (χ0) is 20.5. The molecule has 4 heteroatoms. The Morgan fingerprint density at radius 2 is 1.48 bits per heavy atom. The second-order valence-corrected chi connectivity index (χ2v) is 12.4. The van der Waals surface area contributed by atoms with Gasteiger partial charge in [0.25, 0.3) is 0 Å². The van der Waals surface area contributed by atoms with Crippen LogP contribution < -0.4 is 3.32 Å². The van der Waals surface area contributed by atoms with E-state index in [1.165, 1.54) is 27.8 Å². The molecule has 0 amide bonds. The van der Waals surface area contributed by atoms with Crippen LogP contribution in [0.3, 0.4) is 0 Å². The zero-order valence-electron chi connectivity index (χ0n) is 19.9. The third-order valence-corrected chi connectivity index (χ3v) is 11.0. The minimum Gasteiger partial charge on any atom is -0.147 e. The normalized spacial score (nSPS) is 16.4. The molecule has 0 saturated heterocycles. The van der Waals surface area contributed by atoms with Gasteiger partial charge in [0, 0.05) is 0 Å². The molecule has 0 aliphatic heterocycles. The molecule has 164 valence electrons.